The molecule has 23 heavy (non-hydrogen) atoms. The normalized spacial score (nSPS) is 42.1. The van der Waals surface area contributed by atoms with Gasteiger partial charge in [-0.3, -0.25) is 4.79 Å². The molecule has 3 rings (SSSR count). The number of hydrogen-bond acceptors (Lipinski definition) is 3. The van der Waals surface area contributed by atoms with Crippen molar-refractivity contribution < 1.29 is 14.3 Å². The van der Waals surface area contributed by atoms with Gasteiger partial charge in [0, 0.05) is 6.42 Å². The van der Waals surface area contributed by atoms with E-state index in [2.05, 4.69) is 20.8 Å². The maximum Gasteiger partial charge on any atom is 0.146 e. The van der Waals surface area contributed by atoms with E-state index >= 15 is 0 Å². The number of rotatable bonds is 5. The number of carbonyl (C=O) groups excluding carboxylic acids is 2. The highest BCUT2D eigenvalue weighted by Crippen LogP contribution is 2.66. The van der Waals surface area contributed by atoms with E-state index in [0.29, 0.717) is 16.9 Å². The topological polar surface area (TPSA) is 46.7 Å². The predicted octanol–water partition coefficient (Wildman–Crippen LogP) is 4.10. The largest absolute Gasteiger partial charge is 0.369 e. The molecule has 1 saturated heterocycles. The van der Waals surface area contributed by atoms with E-state index in [9.17, 15) is 9.59 Å². The minimum absolute atomic E-state index is 0.0460. The van der Waals surface area contributed by atoms with Gasteiger partial charge in [0.25, 0.3) is 0 Å². The third-order valence-electron chi connectivity index (χ3n) is 7.16. The average molecular weight is 318 g/mol. The van der Waals surface area contributed by atoms with Gasteiger partial charge in [0.05, 0.1) is 12.2 Å². The number of epoxide rings is 1. The maximum absolute atomic E-state index is 11.2. The van der Waals surface area contributed by atoms with E-state index in [4.69, 9.17) is 4.74 Å². The van der Waals surface area contributed by atoms with Crippen LogP contribution >= 0.6 is 0 Å². The van der Waals surface area contributed by atoms with Crippen LogP contribution in [-0.2, 0) is 14.3 Å². The summed E-state index contributed by atoms with van der Waals surface area (Å²) in [5.41, 5.74) is 1.34. The molecule has 4 atom stereocenters. The zero-order valence-electron chi connectivity index (χ0n) is 14.8. The van der Waals surface area contributed by atoms with Crippen molar-refractivity contribution >= 4 is 12.6 Å². The van der Waals surface area contributed by atoms with Crippen molar-refractivity contribution in [1.29, 1.82) is 0 Å². The summed E-state index contributed by atoms with van der Waals surface area (Å²) < 4.78 is 5.97. The Labute approximate surface area is 139 Å². The molecular formula is C20H30O3. The Morgan fingerprint density at radius 1 is 1.17 bits per heavy atom. The SMILES string of the molecule is CC1(C)CCC[C@@]2(C)[C@H]1CC[C@]1(CO1)[C@@H]2C/C=C(/C=O)CC=O. The number of allylic oxidation sites excluding steroid dienone is 2. The second-order valence-corrected chi connectivity index (χ2v) is 8.85. The lowest BCUT2D eigenvalue weighted by Gasteiger charge is -2.59. The molecule has 0 N–H and O–H groups in total. The molecule has 3 aliphatic rings. The lowest BCUT2D eigenvalue weighted by molar-refractivity contribution is -0.109. The molecule has 3 fully saturated rings. The summed E-state index contributed by atoms with van der Waals surface area (Å²) in [5.74, 6) is 1.19. The molecule has 128 valence electrons. The van der Waals surface area contributed by atoms with Crippen LogP contribution in [0.1, 0.15) is 65.7 Å². The Morgan fingerprint density at radius 2 is 1.91 bits per heavy atom. The number of aldehydes is 2. The van der Waals surface area contributed by atoms with Gasteiger partial charge in [-0.25, -0.2) is 0 Å². The molecule has 1 aliphatic heterocycles. The van der Waals surface area contributed by atoms with Crippen LogP contribution in [0.3, 0.4) is 0 Å². The first-order chi connectivity index (χ1) is 10.9. The van der Waals surface area contributed by atoms with E-state index in [1.54, 1.807) is 0 Å². The minimum atomic E-state index is 0.0460. The first-order valence-electron chi connectivity index (χ1n) is 9.10. The van der Waals surface area contributed by atoms with Crippen molar-refractivity contribution in [2.75, 3.05) is 6.61 Å². The molecule has 1 spiro atoms. The second kappa shape index (κ2) is 5.84. The predicted molar refractivity (Wildman–Crippen MR) is 90.1 cm³/mol. The second-order valence-electron chi connectivity index (χ2n) is 8.85. The summed E-state index contributed by atoms with van der Waals surface area (Å²) in [7, 11) is 0. The lowest BCUT2D eigenvalue weighted by atomic mass is 9.46. The summed E-state index contributed by atoms with van der Waals surface area (Å²) in [5, 5.41) is 0. The Bertz CT molecular complexity index is 515. The van der Waals surface area contributed by atoms with E-state index < -0.39 is 0 Å². The molecule has 0 radical (unpaired) electrons. The molecule has 0 aromatic carbocycles. The van der Waals surface area contributed by atoms with Gasteiger partial charge in [-0.1, -0.05) is 33.3 Å². The van der Waals surface area contributed by atoms with Gasteiger partial charge in [-0.2, -0.15) is 0 Å². The number of hydrogen-bond donors (Lipinski definition) is 0. The number of carbonyl (C=O) groups is 2. The third-order valence-corrected chi connectivity index (χ3v) is 7.16. The number of fused-ring (bicyclic) bond motifs is 1. The van der Waals surface area contributed by atoms with Gasteiger partial charge in [0.1, 0.15) is 12.6 Å². The van der Waals surface area contributed by atoms with Crippen molar-refractivity contribution in [3.63, 3.8) is 0 Å². The zero-order valence-corrected chi connectivity index (χ0v) is 14.8. The Hall–Kier alpha value is -0.960. The van der Waals surface area contributed by atoms with Gasteiger partial charge in [-0.15, -0.1) is 0 Å². The molecule has 0 bridgehead atoms. The first kappa shape index (κ1) is 16.9. The van der Waals surface area contributed by atoms with Gasteiger partial charge in [0.15, 0.2) is 0 Å². The molecule has 2 saturated carbocycles. The third kappa shape index (κ3) is 2.82. The molecule has 0 aromatic heterocycles. The highest BCUT2D eigenvalue weighted by molar-refractivity contribution is 5.78. The zero-order chi connectivity index (χ0) is 16.7. The van der Waals surface area contributed by atoms with Crippen LogP contribution in [-0.4, -0.2) is 24.8 Å². The highest BCUT2D eigenvalue weighted by Gasteiger charge is 2.64. The van der Waals surface area contributed by atoms with E-state index in [-0.39, 0.29) is 17.4 Å². The monoisotopic (exact) mass is 318 g/mol. The molecule has 2 aliphatic carbocycles. The molecule has 3 heteroatoms. The van der Waals surface area contributed by atoms with Crippen molar-refractivity contribution in [2.24, 2.45) is 22.7 Å². The van der Waals surface area contributed by atoms with Gasteiger partial charge in [0.2, 0.25) is 0 Å². The van der Waals surface area contributed by atoms with Crippen LogP contribution in [0.25, 0.3) is 0 Å². The van der Waals surface area contributed by atoms with E-state index in [1.165, 1.54) is 25.7 Å². The molecular weight excluding hydrogens is 288 g/mol. The molecule has 3 nitrogen and oxygen atoms in total. The van der Waals surface area contributed by atoms with Crippen LogP contribution in [0.2, 0.25) is 0 Å². The van der Waals surface area contributed by atoms with Gasteiger partial charge in [-0.05, 0) is 60.3 Å². The summed E-state index contributed by atoms with van der Waals surface area (Å²) in [6.45, 7) is 8.19. The van der Waals surface area contributed by atoms with Gasteiger partial charge >= 0.3 is 0 Å². The maximum atomic E-state index is 11.2. The lowest BCUT2D eigenvalue weighted by Crippen LogP contribution is -2.54. The van der Waals surface area contributed by atoms with Crippen molar-refractivity contribution in [1.82, 2.24) is 0 Å². The Balaban J connectivity index is 1.88. The van der Waals surface area contributed by atoms with Crippen molar-refractivity contribution in [3.8, 4) is 0 Å². The first-order valence-corrected chi connectivity index (χ1v) is 9.10. The number of ether oxygens (including phenoxy) is 1. The fraction of sp³-hybridized carbons (Fsp3) is 0.800. The van der Waals surface area contributed by atoms with Crippen LogP contribution < -0.4 is 0 Å². The molecule has 0 amide bonds. The standard InChI is InChI=1S/C20H30O3/c1-18(2)9-4-10-19(3)16(18)7-11-20(14-23-20)17(19)6-5-15(13-22)8-12-21/h5,12-13,16-17H,4,6-11,14H2,1-3H3/b15-5+/t16-,17+,19-,20-/m0/s1. The van der Waals surface area contributed by atoms with Crippen LogP contribution in [0.4, 0.5) is 0 Å². The van der Waals surface area contributed by atoms with Gasteiger partial charge < -0.3 is 9.53 Å². The summed E-state index contributed by atoms with van der Waals surface area (Å²) in [6.07, 6.45) is 11.0. The van der Waals surface area contributed by atoms with Crippen LogP contribution in [0, 0.1) is 22.7 Å². The van der Waals surface area contributed by atoms with Crippen LogP contribution in [0.5, 0.6) is 0 Å². The van der Waals surface area contributed by atoms with E-state index in [1.807, 2.05) is 6.08 Å². The molecule has 1 heterocycles. The smallest absolute Gasteiger partial charge is 0.146 e. The van der Waals surface area contributed by atoms with E-state index in [0.717, 1.165) is 37.9 Å². The fourth-order valence-electron chi connectivity index (χ4n) is 5.93. The average Bonchev–Trinajstić information content (AvgIpc) is 3.24. The molecule has 0 unspecified atom stereocenters. The quantitative estimate of drug-likeness (QED) is 0.435. The highest BCUT2D eigenvalue weighted by atomic mass is 16.6. The molecule has 0 aromatic rings. The summed E-state index contributed by atoms with van der Waals surface area (Å²) >= 11 is 0. The Kier molecular flexibility index (Phi) is 4.29. The van der Waals surface area contributed by atoms with Crippen molar-refractivity contribution in [3.05, 3.63) is 11.6 Å². The Morgan fingerprint density at radius 3 is 2.52 bits per heavy atom. The van der Waals surface area contributed by atoms with Crippen molar-refractivity contribution in [2.45, 2.75) is 71.3 Å². The van der Waals surface area contributed by atoms with Crippen LogP contribution in [0.15, 0.2) is 11.6 Å². The summed E-state index contributed by atoms with van der Waals surface area (Å²) in [4.78, 5) is 21.9. The minimum Gasteiger partial charge on any atom is -0.369 e. The summed E-state index contributed by atoms with van der Waals surface area (Å²) in [6, 6.07) is 0. The fourth-order valence-corrected chi connectivity index (χ4v) is 5.93.